The van der Waals surface area contributed by atoms with Crippen LogP contribution in [0.4, 0.5) is 0 Å². The zero-order chi connectivity index (χ0) is 44.6. The normalized spacial score (nSPS) is 11.6. The van der Waals surface area contributed by atoms with Crippen molar-refractivity contribution >= 4 is 91.7 Å². The highest BCUT2D eigenvalue weighted by atomic mass is 32.2. The molecule has 6 N–H and O–H groups in total. The largest absolute Gasteiger partial charge is 0.478 e. The third-order valence-corrected chi connectivity index (χ3v) is 12.6. The van der Waals surface area contributed by atoms with Crippen molar-refractivity contribution in [1.29, 1.82) is 0 Å². The van der Waals surface area contributed by atoms with Crippen molar-refractivity contribution in [2.24, 2.45) is 5.73 Å². The number of H-pyrrole nitrogens is 2. The van der Waals surface area contributed by atoms with Gasteiger partial charge in [0.05, 0.1) is 76.6 Å². The van der Waals surface area contributed by atoms with Gasteiger partial charge in [0.25, 0.3) is 5.91 Å². The van der Waals surface area contributed by atoms with Gasteiger partial charge >= 0.3 is 5.97 Å². The molecule has 0 bridgehead atoms. The first kappa shape index (κ1) is 49.0. The number of aromatic nitrogens is 6. The molecule has 332 valence electrons. The Labute approximate surface area is 388 Å². The fourth-order valence-electron chi connectivity index (χ4n) is 6.16. The van der Waals surface area contributed by atoms with Crippen molar-refractivity contribution in [1.82, 2.24) is 35.2 Å². The van der Waals surface area contributed by atoms with E-state index in [1.165, 1.54) is 35.1 Å². The molecule has 0 fully saturated rings. The summed E-state index contributed by atoms with van der Waals surface area (Å²) in [6, 6.07) is 29.0. The zero-order valence-electron chi connectivity index (χ0n) is 34.5. The van der Waals surface area contributed by atoms with Crippen LogP contribution in [0, 0.1) is 0 Å². The number of ketones is 2. The van der Waals surface area contributed by atoms with Gasteiger partial charge in [-0.05, 0) is 73.3 Å². The van der Waals surface area contributed by atoms with Crippen LogP contribution in [0.25, 0.3) is 44.6 Å². The molecule has 2 atom stereocenters. The highest BCUT2D eigenvalue weighted by Crippen LogP contribution is 2.24. The predicted molar refractivity (Wildman–Crippen MR) is 264 cm³/mol. The molecule has 17 heteroatoms. The summed E-state index contributed by atoms with van der Waals surface area (Å²) in [6.45, 7) is 0. The fourth-order valence-corrected chi connectivity index (χ4v) is 8.75. The first-order valence-corrected chi connectivity index (χ1v) is 24.4. The van der Waals surface area contributed by atoms with Gasteiger partial charge in [-0.25, -0.2) is 24.7 Å². The minimum absolute atomic E-state index is 0. The van der Waals surface area contributed by atoms with Crippen molar-refractivity contribution in [3.8, 4) is 22.5 Å². The second-order valence-electron chi connectivity index (χ2n) is 14.0. The molecule has 0 radical (unpaired) electrons. The van der Waals surface area contributed by atoms with E-state index in [1.54, 1.807) is 60.2 Å². The highest BCUT2D eigenvalue weighted by Gasteiger charge is 2.23. The molecule has 1 amide bonds. The van der Waals surface area contributed by atoms with E-state index >= 15 is 0 Å². The lowest BCUT2D eigenvalue weighted by atomic mass is 10.1. The minimum Gasteiger partial charge on any atom is -0.478 e. The smallest absolute Gasteiger partial charge is 0.335 e. The summed E-state index contributed by atoms with van der Waals surface area (Å²) in [5.74, 6) is 0.558. The Morgan fingerprint density at radius 3 is 1.69 bits per heavy atom. The maximum absolute atomic E-state index is 13.0. The van der Waals surface area contributed by atoms with Gasteiger partial charge in [-0.2, -0.15) is 23.5 Å². The molecule has 0 aliphatic heterocycles. The molecule has 13 nitrogen and oxygen atoms in total. The van der Waals surface area contributed by atoms with Crippen LogP contribution >= 0.6 is 46.2 Å². The summed E-state index contributed by atoms with van der Waals surface area (Å²) in [7, 11) is 0. The minimum atomic E-state index is -0.925. The number of aromatic carboxylic acids is 1. The number of amides is 1. The van der Waals surface area contributed by atoms with Crippen molar-refractivity contribution in [2.45, 2.75) is 45.2 Å². The monoisotopic (exact) mass is 934 g/mol. The number of thiazole rings is 2. The van der Waals surface area contributed by atoms with E-state index in [1.807, 2.05) is 83.9 Å². The summed E-state index contributed by atoms with van der Waals surface area (Å²) in [5.41, 5.74) is 13.7. The Morgan fingerprint density at radius 2 is 1.17 bits per heavy atom. The van der Waals surface area contributed by atoms with E-state index < -0.39 is 12.0 Å². The van der Waals surface area contributed by atoms with Gasteiger partial charge in [0.2, 0.25) is 0 Å². The number of carbonyl (C=O) groups excluding carboxylic acids is 3. The number of nitrogens with one attached hydrogen (secondary N) is 3. The van der Waals surface area contributed by atoms with Crippen LogP contribution in [-0.4, -0.2) is 94.6 Å². The summed E-state index contributed by atoms with van der Waals surface area (Å²) in [4.78, 5) is 71.5. The van der Waals surface area contributed by atoms with Gasteiger partial charge in [0.1, 0.15) is 10.0 Å². The number of imidazole rings is 2. The van der Waals surface area contributed by atoms with Gasteiger partial charge in [0, 0.05) is 27.5 Å². The molecule has 64 heavy (non-hydrogen) atoms. The van der Waals surface area contributed by atoms with Crippen LogP contribution in [0.5, 0.6) is 0 Å². The van der Waals surface area contributed by atoms with Crippen molar-refractivity contribution in [3.05, 3.63) is 142 Å². The first-order chi connectivity index (χ1) is 30.6. The summed E-state index contributed by atoms with van der Waals surface area (Å²) in [5, 5.41) is 17.1. The second-order valence-corrected chi connectivity index (χ2v) is 17.9. The maximum Gasteiger partial charge on any atom is 0.335 e. The number of thioether (sulfide) groups is 2. The van der Waals surface area contributed by atoms with Crippen LogP contribution in [0.2, 0.25) is 0 Å². The number of hydrogen-bond donors (Lipinski definition) is 5. The standard InChI is InChI=1S/C23H22N4O2S2.C15H18N2OS2.C8H6N2O2.CH4/c1-30-10-9-18(27-23(29)16-7-8-17-19(11-16)25-14-24-17)21(28)12-22-26-20(13-31-22)15-5-3-2-4-6-15;1-19-8-7-12(16)14(18)9-15-17-13(10-20-15)11-5-3-2-4-6-11;11-8(12)5-1-2-6-7(3-5)10-4-9-6;/h2-8,11,13-14,18H,9-10,12H2,1H3,(H,24,25)(H,27,29);2-6,10,12H,7-9,16H2,1H3;1-4H,(H,9,10)(H,11,12);1H4/t18-;12-;;/m00../s1. The van der Waals surface area contributed by atoms with Crippen LogP contribution in [-0.2, 0) is 22.4 Å². The number of rotatable bonds is 17. The molecular weight excluding hydrogens is 885 g/mol. The number of benzene rings is 4. The van der Waals surface area contributed by atoms with Gasteiger partial charge in [0.15, 0.2) is 11.6 Å². The molecule has 8 rings (SSSR count). The van der Waals surface area contributed by atoms with Crippen LogP contribution in [0.1, 0.15) is 51.0 Å². The predicted octanol–water partition coefficient (Wildman–Crippen LogP) is 9.25. The molecule has 4 aromatic carbocycles. The van der Waals surface area contributed by atoms with Gasteiger partial charge in [-0.3, -0.25) is 14.4 Å². The Balaban J connectivity index is 0.000000199. The van der Waals surface area contributed by atoms with Gasteiger partial charge < -0.3 is 26.1 Å². The molecule has 8 aromatic rings. The molecule has 0 aliphatic rings. The number of fused-ring (bicyclic) bond motifs is 2. The number of Topliss-reactive ketones (excluding diaryl/α,β-unsaturated/α-hetero) is 2. The molecule has 4 heterocycles. The second kappa shape index (κ2) is 24.8. The number of nitrogens with two attached hydrogens (primary N) is 1. The SMILES string of the molecule is C.CSCC[C@H](N)C(=O)Cc1nc(-c2ccccc2)cs1.CSCC[C@H](NC(=O)c1ccc2nc[nH]c2c1)C(=O)Cc1nc(-c2ccccc2)cs1.O=C(O)c1ccc2nc[nH]c2c1. The average Bonchev–Trinajstić information content (AvgIpc) is 4.16. The Kier molecular flexibility index (Phi) is 19.0. The van der Waals surface area contributed by atoms with E-state index in [-0.39, 0.29) is 42.9 Å². The summed E-state index contributed by atoms with van der Waals surface area (Å²) >= 11 is 6.35. The third kappa shape index (κ3) is 14.0. The fraction of sp³-hybridized carbons (Fsp3) is 0.234. The van der Waals surface area contributed by atoms with E-state index in [0.717, 1.165) is 72.5 Å². The number of aromatic amines is 2. The topological polar surface area (TPSA) is 210 Å². The average molecular weight is 935 g/mol. The lowest BCUT2D eigenvalue weighted by Crippen LogP contribution is -2.42. The molecule has 0 saturated carbocycles. The Hall–Kier alpha value is -5.98. The first-order valence-electron chi connectivity index (χ1n) is 19.8. The molecule has 0 unspecified atom stereocenters. The highest BCUT2D eigenvalue weighted by molar-refractivity contribution is 7.98. The van der Waals surface area contributed by atoms with Crippen LogP contribution in [0.3, 0.4) is 0 Å². The van der Waals surface area contributed by atoms with Crippen molar-refractivity contribution in [2.75, 3.05) is 24.0 Å². The van der Waals surface area contributed by atoms with E-state index in [4.69, 9.17) is 10.8 Å². The molecule has 0 saturated heterocycles. The quantitative estimate of drug-likeness (QED) is 0.0579. The molecule has 0 aliphatic carbocycles. The Morgan fingerprint density at radius 1 is 0.688 bits per heavy atom. The van der Waals surface area contributed by atoms with Crippen molar-refractivity contribution in [3.63, 3.8) is 0 Å². The number of carboxylic acid groups (broad SMARTS) is 1. The molecule has 4 aromatic heterocycles. The lowest BCUT2D eigenvalue weighted by molar-refractivity contribution is -0.120. The van der Waals surface area contributed by atoms with Crippen LogP contribution < -0.4 is 11.1 Å². The molecular formula is C47H50N8O5S4. The van der Waals surface area contributed by atoms with E-state index in [2.05, 4.69) is 35.2 Å². The number of carboxylic acids is 1. The number of carbonyl (C=O) groups is 4. The summed E-state index contributed by atoms with van der Waals surface area (Å²) in [6.07, 6.45) is 8.99. The van der Waals surface area contributed by atoms with Gasteiger partial charge in [-0.1, -0.05) is 68.1 Å². The third-order valence-electron chi connectivity index (χ3n) is 9.59. The van der Waals surface area contributed by atoms with E-state index in [0.29, 0.717) is 18.4 Å². The molecule has 0 spiro atoms. The number of nitrogens with zero attached hydrogens (tertiary/aromatic N) is 4. The zero-order valence-corrected chi connectivity index (χ0v) is 37.8. The Bertz CT molecular complexity index is 2730. The lowest BCUT2D eigenvalue weighted by Gasteiger charge is -2.17. The number of hydrogen-bond acceptors (Lipinski definition) is 13. The van der Waals surface area contributed by atoms with Crippen molar-refractivity contribution < 1.29 is 24.3 Å². The van der Waals surface area contributed by atoms with Crippen LogP contribution in [0.15, 0.2) is 120 Å². The summed E-state index contributed by atoms with van der Waals surface area (Å²) < 4.78 is 0. The van der Waals surface area contributed by atoms with E-state index in [9.17, 15) is 19.2 Å². The van der Waals surface area contributed by atoms with Gasteiger partial charge in [-0.15, -0.1) is 22.7 Å². The maximum atomic E-state index is 13.0.